The Balaban J connectivity index is 2.75. The summed E-state index contributed by atoms with van der Waals surface area (Å²) in [5, 5.41) is 9.69. The number of benzene rings is 1. The third-order valence-corrected chi connectivity index (χ3v) is 2.69. The van der Waals surface area contributed by atoms with E-state index >= 15 is 0 Å². The van der Waals surface area contributed by atoms with Gasteiger partial charge >= 0.3 is 0 Å². The fourth-order valence-corrected chi connectivity index (χ4v) is 1.58. The molecule has 0 aliphatic rings. The predicted molar refractivity (Wildman–Crippen MR) is 67.0 cm³/mol. The Bertz CT molecular complexity index is 390. The smallest absolute Gasteiger partial charge is 0.219 e. The Morgan fingerprint density at radius 1 is 1.33 bits per heavy atom. The summed E-state index contributed by atoms with van der Waals surface area (Å²) in [5.74, 6) is 0.0764. The van der Waals surface area contributed by atoms with Crippen LogP contribution in [0.15, 0.2) is 24.3 Å². The van der Waals surface area contributed by atoms with Gasteiger partial charge in [-0.15, -0.1) is 0 Å². The van der Waals surface area contributed by atoms with E-state index in [1.807, 2.05) is 6.07 Å². The van der Waals surface area contributed by atoms with Gasteiger partial charge in [0.05, 0.1) is 6.54 Å². The molecular formula is C13H19NO4. The monoisotopic (exact) mass is 253 g/mol. The zero-order chi connectivity index (χ0) is 13.5. The van der Waals surface area contributed by atoms with Crippen molar-refractivity contribution >= 4 is 5.91 Å². The first-order chi connectivity index (χ1) is 8.58. The lowest BCUT2D eigenvalue weighted by Gasteiger charge is -2.25. The van der Waals surface area contributed by atoms with Crippen LogP contribution in [0.1, 0.15) is 12.5 Å². The zero-order valence-electron chi connectivity index (χ0n) is 10.9. The molecule has 5 heteroatoms. The van der Waals surface area contributed by atoms with Gasteiger partial charge in [0.1, 0.15) is 5.75 Å². The number of carbonyl (C=O) groups excluding carboxylic acids is 1. The van der Waals surface area contributed by atoms with Crippen molar-refractivity contribution < 1.29 is 19.4 Å². The zero-order valence-corrected chi connectivity index (χ0v) is 10.9. The molecule has 0 aromatic heterocycles. The summed E-state index contributed by atoms with van der Waals surface area (Å²) in [6.07, 6.45) is -0.472. The van der Waals surface area contributed by atoms with Crippen LogP contribution in [0.4, 0.5) is 0 Å². The van der Waals surface area contributed by atoms with Gasteiger partial charge in [-0.3, -0.25) is 4.79 Å². The van der Waals surface area contributed by atoms with Crippen LogP contribution in [0.25, 0.3) is 0 Å². The molecular weight excluding hydrogens is 234 g/mol. The number of phenols is 1. The number of rotatable bonds is 6. The first kappa shape index (κ1) is 14.5. The maximum absolute atomic E-state index is 11.6. The molecule has 0 aliphatic carbocycles. The van der Waals surface area contributed by atoms with Gasteiger partial charge in [-0.1, -0.05) is 18.2 Å². The van der Waals surface area contributed by atoms with E-state index in [1.54, 1.807) is 23.1 Å². The van der Waals surface area contributed by atoms with E-state index in [0.717, 1.165) is 0 Å². The number of para-hydroxylation sites is 1. The molecule has 0 saturated heterocycles. The van der Waals surface area contributed by atoms with Gasteiger partial charge < -0.3 is 19.5 Å². The summed E-state index contributed by atoms with van der Waals surface area (Å²) >= 11 is 0. The molecule has 0 bridgehead atoms. The highest BCUT2D eigenvalue weighted by atomic mass is 16.7. The van der Waals surface area contributed by atoms with Crippen LogP contribution in [0.2, 0.25) is 0 Å². The topological polar surface area (TPSA) is 59.0 Å². The van der Waals surface area contributed by atoms with Crippen LogP contribution in [-0.4, -0.2) is 43.0 Å². The lowest BCUT2D eigenvalue weighted by Crippen LogP contribution is -2.37. The van der Waals surface area contributed by atoms with E-state index in [2.05, 4.69) is 0 Å². The van der Waals surface area contributed by atoms with Crippen molar-refractivity contribution in [2.75, 3.05) is 20.8 Å². The predicted octanol–water partition coefficient (Wildman–Crippen LogP) is 1.36. The number of amides is 1. The highest BCUT2D eigenvalue weighted by molar-refractivity contribution is 5.73. The first-order valence-electron chi connectivity index (χ1n) is 5.66. The summed E-state index contributed by atoms with van der Waals surface area (Å²) in [6.45, 7) is 2.12. The average molecular weight is 253 g/mol. The average Bonchev–Trinajstić information content (AvgIpc) is 2.36. The Hall–Kier alpha value is -1.59. The molecule has 0 saturated carbocycles. The Labute approximate surface area is 107 Å². The summed E-state index contributed by atoms with van der Waals surface area (Å²) in [6, 6.07) is 6.93. The van der Waals surface area contributed by atoms with Crippen molar-refractivity contribution in [2.24, 2.45) is 0 Å². The van der Waals surface area contributed by atoms with Crippen molar-refractivity contribution in [3.8, 4) is 5.75 Å². The number of aromatic hydroxyl groups is 1. The van der Waals surface area contributed by atoms with Crippen LogP contribution in [0.5, 0.6) is 5.75 Å². The highest BCUT2D eigenvalue weighted by Gasteiger charge is 2.16. The fraction of sp³-hybridized carbons (Fsp3) is 0.462. The molecule has 0 spiro atoms. The van der Waals surface area contributed by atoms with Crippen LogP contribution in [-0.2, 0) is 20.8 Å². The Kier molecular flexibility index (Phi) is 5.61. The van der Waals surface area contributed by atoms with Crippen molar-refractivity contribution in [1.82, 2.24) is 4.90 Å². The lowest BCUT2D eigenvalue weighted by atomic mass is 10.2. The molecule has 18 heavy (non-hydrogen) atoms. The summed E-state index contributed by atoms with van der Waals surface area (Å²) in [4.78, 5) is 13.1. The molecule has 1 aromatic carbocycles. The molecule has 0 fully saturated rings. The van der Waals surface area contributed by atoms with Gasteiger partial charge in [-0.2, -0.15) is 0 Å². The fourth-order valence-electron chi connectivity index (χ4n) is 1.58. The molecule has 100 valence electrons. The van der Waals surface area contributed by atoms with E-state index in [4.69, 9.17) is 9.47 Å². The molecule has 1 amide bonds. The molecule has 0 radical (unpaired) electrons. The van der Waals surface area contributed by atoms with E-state index in [-0.39, 0.29) is 11.7 Å². The SMILES string of the molecule is COC(CN(Cc1ccccc1O)C(C)=O)OC. The normalized spacial score (nSPS) is 10.7. The molecule has 0 unspecified atom stereocenters. The second-order valence-electron chi connectivity index (χ2n) is 3.93. The standard InChI is InChI=1S/C13H19NO4/c1-10(15)14(9-13(17-2)18-3)8-11-6-4-5-7-12(11)16/h4-7,13,16H,8-9H2,1-3H3. The van der Waals surface area contributed by atoms with E-state index < -0.39 is 6.29 Å². The van der Waals surface area contributed by atoms with Gasteiger partial charge in [0.25, 0.3) is 0 Å². The molecule has 1 rings (SSSR count). The number of ether oxygens (including phenoxy) is 2. The minimum Gasteiger partial charge on any atom is -0.508 e. The summed E-state index contributed by atoms with van der Waals surface area (Å²) in [7, 11) is 3.04. The summed E-state index contributed by atoms with van der Waals surface area (Å²) < 4.78 is 10.1. The van der Waals surface area contributed by atoms with Crippen LogP contribution >= 0.6 is 0 Å². The Morgan fingerprint density at radius 2 is 1.94 bits per heavy atom. The van der Waals surface area contributed by atoms with Crippen molar-refractivity contribution in [1.29, 1.82) is 0 Å². The van der Waals surface area contributed by atoms with Crippen LogP contribution in [0.3, 0.4) is 0 Å². The van der Waals surface area contributed by atoms with Gasteiger partial charge in [-0.05, 0) is 6.07 Å². The first-order valence-corrected chi connectivity index (χ1v) is 5.66. The molecule has 0 heterocycles. The highest BCUT2D eigenvalue weighted by Crippen LogP contribution is 2.18. The second-order valence-corrected chi connectivity index (χ2v) is 3.93. The van der Waals surface area contributed by atoms with Gasteiger partial charge in [-0.25, -0.2) is 0 Å². The maximum Gasteiger partial charge on any atom is 0.219 e. The van der Waals surface area contributed by atoms with Crippen LogP contribution in [0, 0.1) is 0 Å². The van der Waals surface area contributed by atoms with Crippen LogP contribution < -0.4 is 0 Å². The second kappa shape index (κ2) is 6.98. The Morgan fingerprint density at radius 3 is 2.44 bits per heavy atom. The van der Waals surface area contributed by atoms with E-state index in [0.29, 0.717) is 18.7 Å². The number of nitrogens with zero attached hydrogens (tertiary/aromatic N) is 1. The van der Waals surface area contributed by atoms with Gasteiger partial charge in [0, 0.05) is 33.3 Å². The van der Waals surface area contributed by atoms with Gasteiger partial charge in [0.15, 0.2) is 6.29 Å². The molecule has 1 aromatic rings. The minimum atomic E-state index is -0.472. The van der Waals surface area contributed by atoms with Gasteiger partial charge in [0.2, 0.25) is 5.91 Å². The van der Waals surface area contributed by atoms with E-state index in [9.17, 15) is 9.90 Å². The molecule has 5 nitrogen and oxygen atoms in total. The lowest BCUT2D eigenvalue weighted by molar-refractivity contribution is -0.144. The summed E-state index contributed by atoms with van der Waals surface area (Å²) in [5.41, 5.74) is 0.693. The molecule has 1 N–H and O–H groups in total. The number of methoxy groups -OCH3 is 2. The number of phenolic OH excluding ortho intramolecular Hbond substituents is 1. The molecule has 0 aliphatic heterocycles. The number of hydrogen-bond donors (Lipinski definition) is 1. The van der Waals surface area contributed by atoms with E-state index in [1.165, 1.54) is 21.1 Å². The third kappa shape index (κ3) is 4.01. The maximum atomic E-state index is 11.6. The van der Waals surface area contributed by atoms with Crippen molar-refractivity contribution in [3.05, 3.63) is 29.8 Å². The minimum absolute atomic E-state index is 0.0997. The third-order valence-electron chi connectivity index (χ3n) is 2.69. The van der Waals surface area contributed by atoms with Crippen molar-refractivity contribution in [2.45, 2.75) is 19.8 Å². The number of hydrogen-bond acceptors (Lipinski definition) is 4. The van der Waals surface area contributed by atoms with Crippen molar-refractivity contribution in [3.63, 3.8) is 0 Å². The largest absolute Gasteiger partial charge is 0.508 e. The number of carbonyl (C=O) groups is 1. The quantitative estimate of drug-likeness (QED) is 0.778. The molecule has 0 atom stereocenters.